The Balaban J connectivity index is 1.44. The first-order valence-electron chi connectivity index (χ1n) is 7.71. The highest BCUT2D eigenvalue weighted by atomic mass is 32.1. The number of aromatic nitrogens is 4. The van der Waals surface area contributed by atoms with E-state index in [2.05, 4.69) is 25.0 Å². The van der Waals surface area contributed by atoms with Gasteiger partial charge in [0.05, 0.1) is 17.7 Å². The highest BCUT2D eigenvalue weighted by molar-refractivity contribution is 7.15. The summed E-state index contributed by atoms with van der Waals surface area (Å²) in [5, 5.41) is 6.22. The molecule has 0 aromatic carbocycles. The van der Waals surface area contributed by atoms with Crippen LogP contribution < -0.4 is 5.32 Å². The number of hydrogen-bond donors (Lipinski definition) is 1. The molecule has 136 valence electrons. The topological polar surface area (TPSA) is 85.8 Å². The van der Waals surface area contributed by atoms with Crippen LogP contribution in [-0.4, -0.2) is 31.6 Å². The summed E-state index contributed by atoms with van der Waals surface area (Å²) in [5.41, 5.74) is 0.335. The van der Waals surface area contributed by atoms with Crippen molar-refractivity contribution in [3.8, 4) is 10.7 Å². The molecule has 1 saturated carbocycles. The molecule has 0 spiro atoms. The Morgan fingerprint density at radius 2 is 2.19 bits per heavy atom. The number of nitrogens with one attached hydrogen (secondary N) is 1. The number of thiophene rings is 1. The van der Waals surface area contributed by atoms with Crippen LogP contribution in [0.5, 0.6) is 0 Å². The molecule has 1 amide bonds. The molecule has 0 bridgehead atoms. The van der Waals surface area contributed by atoms with Crippen LogP contribution in [0.2, 0.25) is 0 Å². The largest absolute Gasteiger partial charge is 0.471 e. The van der Waals surface area contributed by atoms with E-state index in [-0.39, 0.29) is 17.8 Å². The standard InChI is InChI=1S/C15H12F3N5O2S/c16-15(17,18)14-21-12(22-25-14)11-4-3-9(26-11)5-23-6-10(19-7-23)13(24)20-8-1-2-8/h3-4,6-8H,1-2,5H2,(H,20,24). The number of halogens is 3. The molecular formula is C15H12F3N5O2S. The minimum absolute atomic E-state index is 0.108. The summed E-state index contributed by atoms with van der Waals surface area (Å²) >= 11 is 1.24. The molecule has 1 fully saturated rings. The van der Waals surface area contributed by atoms with Crippen LogP contribution in [-0.2, 0) is 12.7 Å². The average Bonchev–Trinajstić information content (AvgIpc) is 3.01. The van der Waals surface area contributed by atoms with Gasteiger partial charge in [-0.3, -0.25) is 4.79 Å². The quantitative estimate of drug-likeness (QED) is 0.732. The molecule has 1 aliphatic carbocycles. The van der Waals surface area contributed by atoms with Crippen molar-refractivity contribution in [2.24, 2.45) is 0 Å². The zero-order chi connectivity index (χ0) is 18.3. The Bertz CT molecular complexity index is 941. The van der Waals surface area contributed by atoms with Gasteiger partial charge in [0, 0.05) is 17.1 Å². The van der Waals surface area contributed by atoms with Gasteiger partial charge in [-0.25, -0.2) is 4.98 Å². The fourth-order valence-corrected chi connectivity index (χ4v) is 3.19. The van der Waals surface area contributed by atoms with E-state index >= 15 is 0 Å². The van der Waals surface area contributed by atoms with E-state index in [0.717, 1.165) is 17.7 Å². The van der Waals surface area contributed by atoms with Crippen molar-refractivity contribution in [1.82, 2.24) is 25.0 Å². The smallest absolute Gasteiger partial charge is 0.348 e. The van der Waals surface area contributed by atoms with Crippen LogP contribution in [0.15, 0.2) is 29.2 Å². The molecule has 3 heterocycles. The van der Waals surface area contributed by atoms with Gasteiger partial charge in [-0.05, 0) is 25.0 Å². The molecule has 0 unspecified atom stereocenters. The minimum atomic E-state index is -4.67. The van der Waals surface area contributed by atoms with Crippen molar-refractivity contribution < 1.29 is 22.5 Å². The Kier molecular flexibility index (Phi) is 4.02. The van der Waals surface area contributed by atoms with Crippen molar-refractivity contribution >= 4 is 17.2 Å². The highest BCUT2D eigenvalue weighted by Crippen LogP contribution is 2.31. The fraction of sp³-hybridized carbons (Fsp3) is 0.333. The molecule has 3 aromatic heterocycles. The molecule has 4 rings (SSSR count). The monoisotopic (exact) mass is 383 g/mol. The Morgan fingerprint density at radius 1 is 1.38 bits per heavy atom. The fourth-order valence-electron chi connectivity index (χ4n) is 2.25. The lowest BCUT2D eigenvalue weighted by Gasteiger charge is -1.99. The molecule has 0 atom stereocenters. The summed E-state index contributed by atoms with van der Waals surface area (Å²) in [6.45, 7) is 0.429. The second-order valence-electron chi connectivity index (χ2n) is 5.87. The third kappa shape index (κ3) is 3.62. The summed E-state index contributed by atoms with van der Waals surface area (Å²) in [7, 11) is 0. The third-order valence-corrected chi connectivity index (χ3v) is 4.73. The molecule has 1 aliphatic rings. The molecule has 0 aliphatic heterocycles. The van der Waals surface area contributed by atoms with Gasteiger partial charge in [0.1, 0.15) is 5.69 Å². The third-order valence-electron chi connectivity index (χ3n) is 3.67. The van der Waals surface area contributed by atoms with Gasteiger partial charge in [0.15, 0.2) is 0 Å². The van der Waals surface area contributed by atoms with Gasteiger partial charge in [-0.2, -0.15) is 18.2 Å². The zero-order valence-corrected chi connectivity index (χ0v) is 14.0. The van der Waals surface area contributed by atoms with Gasteiger partial charge in [-0.15, -0.1) is 11.3 Å². The second-order valence-corrected chi connectivity index (χ2v) is 7.03. The number of carbonyl (C=O) groups is 1. The van der Waals surface area contributed by atoms with E-state index in [1.54, 1.807) is 22.9 Å². The van der Waals surface area contributed by atoms with Gasteiger partial charge < -0.3 is 14.4 Å². The van der Waals surface area contributed by atoms with Crippen LogP contribution in [0.25, 0.3) is 10.7 Å². The predicted octanol–water partition coefficient (Wildman–Crippen LogP) is 2.95. The Hall–Kier alpha value is -2.69. The molecular weight excluding hydrogens is 371 g/mol. The van der Waals surface area contributed by atoms with E-state index in [9.17, 15) is 18.0 Å². The van der Waals surface area contributed by atoms with Gasteiger partial charge in [0.25, 0.3) is 5.91 Å². The lowest BCUT2D eigenvalue weighted by atomic mass is 10.4. The number of carbonyl (C=O) groups excluding carboxylic acids is 1. The maximum Gasteiger partial charge on any atom is 0.471 e. The van der Waals surface area contributed by atoms with Crippen LogP contribution >= 0.6 is 11.3 Å². The SMILES string of the molecule is O=C(NC1CC1)c1cn(Cc2ccc(-c3noc(C(F)(F)F)n3)s2)cn1. The maximum absolute atomic E-state index is 12.5. The summed E-state index contributed by atoms with van der Waals surface area (Å²) in [6.07, 6.45) is 0.497. The summed E-state index contributed by atoms with van der Waals surface area (Å²) in [5.74, 6) is -1.68. The molecule has 7 nitrogen and oxygen atoms in total. The van der Waals surface area contributed by atoms with Gasteiger partial charge in [-0.1, -0.05) is 5.16 Å². The average molecular weight is 383 g/mol. The van der Waals surface area contributed by atoms with Crippen molar-refractivity contribution in [2.45, 2.75) is 31.6 Å². The number of alkyl halides is 3. The predicted molar refractivity (Wildman–Crippen MR) is 84.4 cm³/mol. The van der Waals surface area contributed by atoms with Crippen LogP contribution in [0, 0.1) is 0 Å². The molecule has 26 heavy (non-hydrogen) atoms. The summed E-state index contributed by atoms with van der Waals surface area (Å²) in [4.78, 5) is 20.7. The number of hydrogen-bond acceptors (Lipinski definition) is 6. The summed E-state index contributed by atoms with van der Waals surface area (Å²) < 4.78 is 43.5. The number of imidazole rings is 1. The first kappa shape index (κ1) is 16.8. The normalized spacial score (nSPS) is 14.6. The highest BCUT2D eigenvalue weighted by Gasteiger charge is 2.38. The second kappa shape index (κ2) is 6.24. The van der Waals surface area contributed by atoms with Crippen molar-refractivity contribution in [2.75, 3.05) is 0 Å². The van der Waals surface area contributed by atoms with Crippen molar-refractivity contribution in [3.63, 3.8) is 0 Å². The maximum atomic E-state index is 12.5. The van der Waals surface area contributed by atoms with Crippen molar-refractivity contribution in [1.29, 1.82) is 0 Å². The minimum Gasteiger partial charge on any atom is -0.348 e. The van der Waals surface area contributed by atoms with Crippen LogP contribution in [0.4, 0.5) is 13.2 Å². The molecule has 3 aromatic rings. The molecule has 1 N–H and O–H groups in total. The number of amides is 1. The van der Waals surface area contributed by atoms with E-state index in [4.69, 9.17) is 0 Å². The van der Waals surface area contributed by atoms with Gasteiger partial charge >= 0.3 is 12.1 Å². The van der Waals surface area contributed by atoms with E-state index < -0.39 is 12.1 Å². The Morgan fingerprint density at radius 3 is 2.88 bits per heavy atom. The van der Waals surface area contributed by atoms with Gasteiger partial charge in [0.2, 0.25) is 5.82 Å². The number of rotatable bonds is 5. The first-order valence-corrected chi connectivity index (χ1v) is 8.53. The van der Waals surface area contributed by atoms with E-state index in [0.29, 0.717) is 17.1 Å². The lowest BCUT2D eigenvalue weighted by molar-refractivity contribution is -0.159. The van der Waals surface area contributed by atoms with E-state index in [1.165, 1.54) is 17.7 Å². The molecule has 0 radical (unpaired) electrons. The van der Waals surface area contributed by atoms with Crippen LogP contribution in [0.3, 0.4) is 0 Å². The zero-order valence-electron chi connectivity index (χ0n) is 13.2. The molecule has 11 heteroatoms. The summed E-state index contributed by atoms with van der Waals surface area (Å²) in [6, 6.07) is 3.64. The molecule has 0 saturated heterocycles. The first-order chi connectivity index (χ1) is 12.4. The van der Waals surface area contributed by atoms with Crippen molar-refractivity contribution in [3.05, 3.63) is 41.1 Å². The van der Waals surface area contributed by atoms with Crippen LogP contribution in [0.1, 0.15) is 34.1 Å². The van der Waals surface area contributed by atoms with E-state index in [1.807, 2.05) is 0 Å². The Labute approximate surface area is 148 Å². The lowest BCUT2D eigenvalue weighted by Crippen LogP contribution is -2.25. The number of nitrogens with zero attached hydrogens (tertiary/aromatic N) is 4.